The Hall–Kier alpha value is -4.40. The minimum absolute atomic E-state index is 0.0450. The van der Waals surface area contributed by atoms with Gasteiger partial charge < -0.3 is 10.1 Å². The van der Waals surface area contributed by atoms with E-state index in [0.717, 1.165) is 11.3 Å². The van der Waals surface area contributed by atoms with Crippen LogP contribution in [0.4, 0.5) is 11.5 Å². The van der Waals surface area contributed by atoms with E-state index >= 15 is 0 Å². The number of carbonyl (C=O) groups excluding carboxylic acids is 1. The van der Waals surface area contributed by atoms with Crippen LogP contribution in [-0.4, -0.2) is 37.2 Å². The van der Waals surface area contributed by atoms with Crippen molar-refractivity contribution in [2.75, 3.05) is 22.9 Å². The predicted octanol–water partition coefficient (Wildman–Crippen LogP) is 4.95. The maximum absolute atomic E-state index is 12.5. The van der Waals surface area contributed by atoms with Crippen LogP contribution in [0.2, 0.25) is 0 Å². The molecule has 0 aliphatic carbocycles. The van der Waals surface area contributed by atoms with Crippen LogP contribution in [0.15, 0.2) is 95.0 Å². The molecule has 0 saturated heterocycles. The molecular formula is C27H23N5O4S2. The van der Waals surface area contributed by atoms with E-state index in [9.17, 15) is 18.5 Å². The molecule has 2 aromatic heterocycles. The lowest BCUT2D eigenvalue weighted by atomic mass is 10.1. The highest BCUT2D eigenvalue weighted by Crippen LogP contribution is 2.27. The van der Waals surface area contributed by atoms with Gasteiger partial charge in [0.2, 0.25) is 5.91 Å². The van der Waals surface area contributed by atoms with Gasteiger partial charge in [-0.15, -0.1) is 11.8 Å². The van der Waals surface area contributed by atoms with Crippen LogP contribution >= 0.6 is 11.8 Å². The molecule has 1 amide bonds. The van der Waals surface area contributed by atoms with Crippen molar-refractivity contribution in [3.05, 3.63) is 90.6 Å². The number of benzene rings is 2. The van der Waals surface area contributed by atoms with Gasteiger partial charge >= 0.3 is 0 Å². The minimum Gasteiger partial charge on any atom is -0.497 e. The first-order chi connectivity index (χ1) is 18.4. The smallest absolute Gasteiger partial charge is 0.263 e. The summed E-state index contributed by atoms with van der Waals surface area (Å²) < 4.78 is 32.7. The number of carbonyl (C=O) groups is 1. The number of rotatable bonds is 10. The van der Waals surface area contributed by atoms with E-state index in [1.165, 1.54) is 42.2 Å². The third kappa shape index (κ3) is 6.88. The quantitative estimate of drug-likeness (QED) is 0.268. The number of thioether (sulfide) groups is 1. The van der Waals surface area contributed by atoms with Gasteiger partial charge in [0.25, 0.3) is 10.0 Å². The first kappa shape index (κ1) is 26.7. The van der Waals surface area contributed by atoms with Crippen LogP contribution in [0.1, 0.15) is 12.0 Å². The predicted molar refractivity (Wildman–Crippen MR) is 146 cm³/mol. The molecule has 0 aliphatic heterocycles. The molecule has 4 aromatic rings. The van der Waals surface area contributed by atoms with E-state index in [0.29, 0.717) is 27.7 Å². The molecule has 0 saturated carbocycles. The second kappa shape index (κ2) is 12.2. The summed E-state index contributed by atoms with van der Waals surface area (Å²) in [7, 11) is -2.21. The van der Waals surface area contributed by atoms with Gasteiger partial charge in [0.15, 0.2) is 0 Å². The van der Waals surface area contributed by atoms with Gasteiger partial charge in [-0.1, -0.05) is 6.07 Å². The molecule has 0 fully saturated rings. The second-order valence-corrected chi connectivity index (χ2v) is 10.6. The Balaban J connectivity index is 1.33. The summed E-state index contributed by atoms with van der Waals surface area (Å²) >= 11 is 1.32. The zero-order valence-corrected chi connectivity index (χ0v) is 21.9. The summed E-state index contributed by atoms with van der Waals surface area (Å²) in [6, 6.07) is 23.9. The highest BCUT2D eigenvalue weighted by Gasteiger charge is 2.15. The van der Waals surface area contributed by atoms with Gasteiger partial charge in [-0.2, -0.15) is 5.26 Å². The van der Waals surface area contributed by atoms with Crippen LogP contribution in [0.3, 0.4) is 0 Å². The van der Waals surface area contributed by atoms with E-state index in [1.807, 2.05) is 24.3 Å². The Morgan fingerprint density at radius 1 is 1.03 bits per heavy atom. The number of sulfonamides is 1. The van der Waals surface area contributed by atoms with Gasteiger partial charge in [-0.25, -0.2) is 18.4 Å². The first-order valence-electron chi connectivity index (χ1n) is 11.4. The molecule has 0 spiro atoms. The van der Waals surface area contributed by atoms with Crippen molar-refractivity contribution in [2.24, 2.45) is 0 Å². The van der Waals surface area contributed by atoms with Crippen molar-refractivity contribution in [2.45, 2.75) is 16.3 Å². The van der Waals surface area contributed by atoms with Gasteiger partial charge in [-0.05, 0) is 72.8 Å². The SMILES string of the molecule is COc1ccc(-c2ccc(C#N)c(SCCC(=O)Nc3ccc(S(=O)(=O)Nc4ccccn4)cc3)n2)cc1. The highest BCUT2D eigenvalue weighted by atomic mass is 32.2. The molecule has 192 valence electrons. The van der Waals surface area contributed by atoms with E-state index in [1.54, 1.807) is 37.4 Å². The summed E-state index contributed by atoms with van der Waals surface area (Å²) in [6.45, 7) is 0. The second-order valence-electron chi connectivity index (χ2n) is 7.88. The number of nitrogens with one attached hydrogen (secondary N) is 2. The molecule has 0 bridgehead atoms. The van der Waals surface area contributed by atoms with Crippen molar-refractivity contribution in [1.82, 2.24) is 9.97 Å². The molecule has 0 radical (unpaired) electrons. The third-order valence-electron chi connectivity index (χ3n) is 5.29. The lowest BCUT2D eigenvalue weighted by Gasteiger charge is -2.09. The Kier molecular flexibility index (Phi) is 8.58. The summed E-state index contributed by atoms with van der Waals surface area (Å²) in [5, 5.41) is 12.8. The maximum atomic E-state index is 12.5. The molecule has 0 aliphatic rings. The zero-order valence-electron chi connectivity index (χ0n) is 20.3. The lowest BCUT2D eigenvalue weighted by molar-refractivity contribution is -0.115. The van der Waals surface area contributed by atoms with Crippen molar-refractivity contribution in [3.63, 3.8) is 0 Å². The number of ether oxygens (including phenoxy) is 1. The molecule has 4 rings (SSSR count). The summed E-state index contributed by atoms with van der Waals surface area (Å²) in [5.74, 6) is 1.11. The zero-order chi connectivity index (χ0) is 27.0. The van der Waals surface area contributed by atoms with Crippen molar-refractivity contribution in [3.8, 4) is 23.1 Å². The van der Waals surface area contributed by atoms with Crippen LogP contribution in [0.25, 0.3) is 11.3 Å². The number of aromatic nitrogens is 2. The largest absolute Gasteiger partial charge is 0.497 e. The van der Waals surface area contributed by atoms with Crippen LogP contribution in [-0.2, 0) is 14.8 Å². The van der Waals surface area contributed by atoms with Gasteiger partial charge in [0, 0.05) is 29.6 Å². The summed E-state index contributed by atoms with van der Waals surface area (Å²) in [6.07, 6.45) is 1.66. The number of anilines is 2. The monoisotopic (exact) mass is 545 g/mol. The fourth-order valence-electron chi connectivity index (χ4n) is 3.36. The van der Waals surface area contributed by atoms with Crippen molar-refractivity contribution in [1.29, 1.82) is 5.26 Å². The number of pyridine rings is 2. The van der Waals surface area contributed by atoms with Gasteiger partial charge in [-0.3, -0.25) is 9.52 Å². The maximum Gasteiger partial charge on any atom is 0.263 e. The Bertz CT molecular complexity index is 1550. The molecule has 2 N–H and O–H groups in total. The Morgan fingerprint density at radius 2 is 1.79 bits per heavy atom. The number of amides is 1. The van der Waals surface area contributed by atoms with E-state index in [-0.39, 0.29) is 23.0 Å². The fourth-order valence-corrected chi connectivity index (χ4v) is 5.28. The van der Waals surface area contributed by atoms with Crippen molar-refractivity contribution >= 4 is 39.2 Å². The van der Waals surface area contributed by atoms with Crippen LogP contribution in [0.5, 0.6) is 5.75 Å². The molecule has 2 heterocycles. The average Bonchev–Trinajstić information content (AvgIpc) is 2.93. The standard InChI is InChI=1S/C27H23N5O4S2/c1-36-22-10-5-19(6-11-22)24-14-7-20(18-28)27(31-24)37-17-15-26(33)30-21-8-12-23(13-9-21)38(34,35)32-25-4-2-3-16-29-25/h2-14,16H,15,17H2,1H3,(H,29,32)(H,30,33). The Labute approximate surface area is 225 Å². The summed E-state index contributed by atoms with van der Waals surface area (Å²) in [5.41, 5.74) is 2.50. The van der Waals surface area contributed by atoms with Gasteiger partial charge in [0.05, 0.1) is 23.3 Å². The number of methoxy groups -OCH3 is 1. The highest BCUT2D eigenvalue weighted by molar-refractivity contribution is 7.99. The lowest BCUT2D eigenvalue weighted by Crippen LogP contribution is -2.15. The number of hydrogen-bond acceptors (Lipinski definition) is 8. The first-order valence-corrected chi connectivity index (χ1v) is 13.9. The van der Waals surface area contributed by atoms with Crippen LogP contribution in [0, 0.1) is 11.3 Å². The van der Waals surface area contributed by atoms with Crippen molar-refractivity contribution < 1.29 is 17.9 Å². The van der Waals surface area contributed by atoms with E-state index in [2.05, 4.69) is 26.1 Å². The molecule has 2 aromatic carbocycles. The van der Waals surface area contributed by atoms with Gasteiger partial charge in [0.1, 0.15) is 22.7 Å². The molecule has 9 nitrogen and oxygen atoms in total. The number of nitrogens with zero attached hydrogens (tertiary/aromatic N) is 3. The number of nitriles is 1. The average molecular weight is 546 g/mol. The molecule has 0 unspecified atom stereocenters. The van der Waals surface area contributed by atoms with E-state index in [4.69, 9.17) is 4.74 Å². The van der Waals surface area contributed by atoms with Crippen LogP contribution < -0.4 is 14.8 Å². The third-order valence-corrected chi connectivity index (χ3v) is 7.65. The molecular weight excluding hydrogens is 522 g/mol. The fraction of sp³-hybridized carbons (Fsp3) is 0.111. The molecule has 0 atom stereocenters. The molecule has 11 heteroatoms. The normalized spacial score (nSPS) is 10.8. The number of hydrogen-bond donors (Lipinski definition) is 2. The summed E-state index contributed by atoms with van der Waals surface area (Å²) in [4.78, 5) is 21.1. The van der Waals surface area contributed by atoms with E-state index < -0.39 is 10.0 Å². The topological polar surface area (TPSA) is 134 Å². The minimum atomic E-state index is -3.81. The molecule has 38 heavy (non-hydrogen) atoms. The Morgan fingerprint density at radius 3 is 2.45 bits per heavy atom.